The summed E-state index contributed by atoms with van der Waals surface area (Å²) in [5.74, 6) is 0.701. The predicted molar refractivity (Wildman–Crippen MR) is 108 cm³/mol. The SMILES string of the molecule is CSc1ccc(CN(CCO)Cc2cccc(Oc3ncccn3)c2)cc1. The van der Waals surface area contributed by atoms with Crippen molar-refractivity contribution >= 4 is 11.8 Å². The van der Waals surface area contributed by atoms with Crippen LogP contribution < -0.4 is 4.74 Å². The van der Waals surface area contributed by atoms with Gasteiger partial charge in [0.15, 0.2) is 0 Å². The van der Waals surface area contributed by atoms with Crippen LogP contribution in [-0.2, 0) is 13.1 Å². The monoisotopic (exact) mass is 381 g/mol. The molecule has 140 valence electrons. The van der Waals surface area contributed by atoms with Gasteiger partial charge in [-0.1, -0.05) is 24.3 Å². The zero-order valence-electron chi connectivity index (χ0n) is 15.3. The van der Waals surface area contributed by atoms with Crippen LogP contribution in [0.15, 0.2) is 71.9 Å². The number of aliphatic hydroxyl groups excluding tert-OH is 1. The lowest BCUT2D eigenvalue weighted by Crippen LogP contribution is -2.26. The Labute approximate surface area is 164 Å². The van der Waals surface area contributed by atoms with Crippen molar-refractivity contribution < 1.29 is 9.84 Å². The van der Waals surface area contributed by atoms with E-state index in [4.69, 9.17) is 4.74 Å². The number of hydrogen-bond acceptors (Lipinski definition) is 6. The van der Waals surface area contributed by atoms with Gasteiger partial charge in [-0.05, 0) is 47.7 Å². The van der Waals surface area contributed by atoms with Gasteiger partial charge in [-0.2, -0.15) is 0 Å². The van der Waals surface area contributed by atoms with Gasteiger partial charge >= 0.3 is 6.01 Å². The van der Waals surface area contributed by atoms with Gasteiger partial charge in [-0.25, -0.2) is 9.97 Å². The lowest BCUT2D eigenvalue weighted by molar-refractivity contribution is 0.184. The number of aromatic nitrogens is 2. The lowest BCUT2D eigenvalue weighted by Gasteiger charge is -2.22. The number of hydrogen-bond donors (Lipinski definition) is 1. The van der Waals surface area contributed by atoms with Gasteiger partial charge in [-0.15, -0.1) is 11.8 Å². The zero-order chi connectivity index (χ0) is 18.9. The van der Waals surface area contributed by atoms with Crippen molar-refractivity contribution in [2.75, 3.05) is 19.4 Å². The fourth-order valence-electron chi connectivity index (χ4n) is 2.75. The number of nitrogens with zero attached hydrogens (tertiary/aromatic N) is 3. The summed E-state index contributed by atoms with van der Waals surface area (Å²) in [4.78, 5) is 11.6. The van der Waals surface area contributed by atoms with Gasteiger partial charge in [0.25, 0.3) is 0 Å². The molecule has 0 amide bonds. The number of rotatable bonds is 9. The molecular weight excluding hydrogens is 358 g/mol. The Hall–Kier alpha value is -2.41. The average molecular weight is 382 g/mol. The molecule has 0 aliphatic rings. The summed E-state index contributed by atoms with van der Waals surface area (Å²) in [7, 11) is 0. The molecule has 0 aliphatic carbocycles. The van der Waals surface area contributed by atoms with Gasteiger partial charge in [0.1, 0.15) is 5.75 Å². The van der Waals surface area contributed by atoms with Crippen LogP contribution in [0.1, 0.15) is 11.1 Å². The molecule has 27 heavy (non-hydrogen) atoms. The van der Waals surface area contributed by atoms with E-state index in [9.17, 15) is 5.11 Å². The van der Waals surface area contributed by atoms with Crippen LogP contribution in [0.5, 0.6) is 11.8 Å². The zero-order valence-corrected chi connectivity index (χ0v) is 16.1. The van der Waals surface area contributed by atoms with Gasteiger partial charge in [0, 0.05) is 36.9 Å². The first-order valence-corrected chi connectivity index (χ1v) is 9.99. The van der Waals surface area contributed by atoms with E-state index in [1.165, 1.54) is 10.5 Å². The standard InChI is InChI=1S/C21H23N3O2S/c1-27-20-8-6-17(7-9-20)15-24(12-13-25)16-18-4-2-5-19(14-18)26-21-22-10-3-11-23-21/h2-11,14,25H,12-13,15-16H2,1H3. The molecular formula is C21H23N3O2S. The molecule has 1 N–H and O–H groups in total. The van der Waals surface area contributed by atoms with E-state index in [0.717, 1.165) is 18.7 Å². The fraction of sp³-hybridized carbons (Fsp3) is 0.238. The highest BCUT2D eigenvalue weighted by Gasteiger charge is 2.08. The lowest BCUT2D eigenvalue weighted by atomic mass is 10.1. The van der Waals surface area contributed by atoms with Crippen molar-refractivity contribution in [2.24, 2.45) is 0 Å². The van der Waals surface area contributed by atoms with E-state index in [1.807, 2.05) is 18.2 Å². The third-order valence-corrected chi connectivity index (χ3v) is 4.78. The Balaban J connectivity index is 1.67. The quantitative estimate of drug-likeness (QED) is 0.566. The van der Waals surface area contributed by atoms with E-state index in [-0.39, 0.29) is 6.61 Å². The molecule has 0 aliphatic heterocycles. The molecule has 1 heterocycles. The Kier molecular flexibility index (Phi) is 7.21. The van der Waals surface area contributed by atoms with E-state index < -0.39 is 0 Å². The van der Waals surface area contributed by atoms with Crippen molar-refractivity contribution in [3.8, 4) is 11.8 Å². The Bertz CT molecular complexity index is 828. The third-order valence-electron chi connectivity index (χ3n) is 4.04. The minimum absolute atomic E-state index is 0.122. The molecule has 0 spiro atoms. The summed E-state index contributed by atoms with van der Waals surface area (Å²) in [6.07, 6.45) is 5.37. The van der Waals surface area contributed by atoms with E-state index in [2.05, 4.69) is 51.5 Å². The minimum atomic E-state index is 0.122. The highest BCUT2D eigenvalue weighted by Crippen LogP contribution is 2.21. The van der Waals surface area contributed by atoms with Crippen LogP contribution >= 0.6 is 11.8 Å². The number of thioether (sulfide) groups is 1. The second-order valence-electron chi connectivity index (χ2n) is 6.06. The first-order valence-electron chi connectivity index (χ1n) is 8.77. The number of aliphatic hydroxyl groups is 1. The molecule has 2 aromatic carbocycles. The van der Waals surface area contributed by atoms with Gasteiger partial charge in [0.05, 0.1) is 6.61 Å². The summed E-state index contributed by atoms with van der Waals surface area (Å²) in [6.45, 7) is 2.23. The maximum absolute atomic E-state index is 9.44. The molecule has 6 heteroatoms. The van der Waals surface area contributed by atoms with Crippen LogP contribution in [0, 0.1) is 0 Å². The second-order valence-corrected chi connectivity index (χ2v) is 6.94. The topological polar surface area (TPSA) is 58.5 Å². The number of ether oxygens (including phenoxy) is 1. The summed E-state index contributed by atoms with van der Waals surface area (Å²) in [5, 5.41) is 9.44. The van der Waals surface area contributed by atoms with Crippen molar-refractivity contribution in [1.29, 1.82) is 0 Å². The van der Waals surface area contributed by atoms with Crippen LogP contribution in [0.25, 0.3) is 0 Å². The Morgan fingerprint density at radius 3 is 2.41 bits per heavy atom. The van der Waals surface area contributed by atoms with Crippen LogP contribution in [-0.4, -0.2) is 39.4 Å². The Morgan fingerprint density at radius 2 is 1.70 bits per heavy atom. The molecule has 0 radical (unpaired) electrons. The van der Waals surface area contributed by atoms with Crippen LogP contribution in [0.3, 0.4) is 0 Å². The molecule has 0 bridgehead atoms. The largest absolute Gasteiger partial charge is 0.424 e. The third kappa shape index (κ3) is 6.06. The van der Waals surface area contributed by atoms with Crippen molar-refractivity contribution in [3.05, 3.63) is 78.1 Å². The molecule has 0 atom stereocenters. The predicted octanol–water partition coefficient (Wildman–Crippen LogP) is 3.99. The van der Waals surface area contributed by atoms with E-state index >= 15 is 0 Å². The molecule has 1 aromatic heterocycles. The van der Waals surface area contributed by atoms with Crippen molar-refractivity contribution in [1.82, 2.24) is 14.9 Å². The van der Waals surface area contributed by atoms with E-state index in [0.29, 0.717) is 18.3 Å². The van der Waals surface area contributed by atoms with Crippen LogP contribution in [0.4, 0.5) is 0 Å². The summed E-state index contributed by atoms with van der Waals surface area (Å²) < 4.78 is 5.71. The normalized spacial score (nSPS) is 10.9. The molecule has 3 rings (SSSR count). The second kappa shape index (κ2) is 10.1. The molecule has 0 unspecified atom stereocenters. The highest BCUT2D eigenvalue weighted by molar-refractivity contribution is 7.98. The maximum atomic E-state index is 9.44. The van der Waals surface area contributed by atoms with Crippen LogP contribution in [0.2, 0.25) is 0 Å². The summed E-state index contributed by atoms with van der Waals surface area (Å²) >= 11 is 1.73. The molecule has 0 saturated heterocycles. The smallest absolute Gasteiger partial charge is 0.321 e. The molecule has 0 fully saturated rings. The first-order chi connectivity index (χ1) is 13.3. The first kappa shape index (κ1) is 19.4. The van der Waals surface area contributed by atoms with Crippen molar-refractivity contribution in [2.45, 2.75) is 18.0 Å². The minimum Gasteiger partial charge on any atom is -0.424 e. The molecule has 5 nitrogen and oxygen atoms in total. The fourth-order valence-corrected chi connectivity index (χ4v) is 3.16. The molecule has 0 saturated carbocycles. The van der Waals surface area contributed by atoms with E-state index in [1.54, 1.807) is 30.2 Å². The maximum Gasteiger partial charge on any atom is 0.321 e. The van der Waals surface area contributed by atoms with Gasteiger partial charge in [-0.3, -0.25) is 4.90 Å². The van der Waals surface area contributed by atoms with Gasteiger partial charge in [0.2, 0.25) is 0 Å². The highest BCUT2D eigenvalue weighted by atomic mass is 32.2. The number of benzene rings is 2. The van der Waals surface area contributed by atoms with Gasteiger partial charge < -0.3 is 9.84 Å². The van der Waals surface area contributed by atoms with Crippen molar-refractivity contribution in [3.63, 3.8) is 0 Å². The summed E-state index contributed by atoms with van der Waals surface area (Å²) in [5.41, 5.74) is 2.34. The molecule has 3 aromatic rings. The summed E-state index contributed by atoms with van der Waals surface area (Å²) in [6, 6.07) is 18.5. The average Bonchev–Trinajstić information content (AvgIpc) is 2.70. The Morgan fingerprint density at radius 1 is 0.963 bits per heavy atom.